The second-order valence-electron chi connectivity index (χ2n) is 5.51. The first-order valence-electron chi connectivity index (χ1n) is 6.56. The molecule has 0 aromatic rings. The summed E-state index contributed by atoms with van der Waals surface area (Å²) >= 11 is 0. The van der Waals surface area contributed by atoms with Crippen molar-refractivity contribution in [2.75, 3.05) is 26.2 Å². The van der Waals surface area contributed by atoms with E-state index < -0.39 is 0 Å². The van der Waals surface area contributed by atoms with Crippen LogP contribution in [0.2, 0.25) is 0 Å². The number of hydrogen-bond acceptors (Lipinski definition) is 2. The quantitative estimate of drug-likeness (QED) is 0.727. The predicted molar refractivity (Wildman–Crippen MR) is 67.1 cm³/mol. The molecule has 0 saturated carbocycles. The van der Waals surface area contributed by atoms with Crippen molar-refractivity contribution >= 4 is 0 Å². The molecule has 0 aliphatic carbocycles. The first-order valence-corrected chi connectivity index (χ1v) is 6.56. The molecule has 2 heteroatoms. The Morgan fingerprint density at radius 3 is 2.13 bits per heavy atom. The lowest BCUT2D eigenvalue weighted by atomic mass is 10.0. The van der Waals surface area contributed by atoms with E-state index in [9.17, 15) is 0 Å². The second-order valence-corrected chi connectivity index (χ2v) is 5.51. The summed E-state index contributed by atoms with van der Waals surface area (Å²) in [5.41, 5.74) is 0. The highest BCUT2D eigenvalue weighted by molar-refractivity contribution is 4.78. The van der Waals surface area contributed by atoms with Crippen LogP contribution in [0, 0.1) is 11.8 Å². The first-order chi connectivity index (χ1) is 7.11. The molecule has 1 aliphatic heterocycles. The summed E-state index contributed by atoms with van der Waals surface area (Å²) < 4.78 is 0. The molecule has 2 unspecified atom stereocenters. The van der Waals surface area contributed by atoms with Crippen molar-refractivity contribution in [3.8, 4) is 0 Å². The Balaban J connectivity index is 2.17. The fourth-order valence-electron chi connectivity index (χ4n) is 2.28. The van der Waals surface area contributed by atoms with Gasteiger partial charge in [0.25, 0.3) is 0 Å². The Hall–Kier alpha value is -0.0800. The van der Waals surface area contributed by atoms with Crippen molar-refractivity contribution in [3.63, 3.8) is 0 Å². The fraction of sp³-hybridized carbons (Fsp3) is 1.00. The molecular formula is C13H28N2. The molecule has 2 atom stereocenters. The topological polar surface area (TPSA) is 15.3 Å². The van der Waals surface area contributed by atoms with E-state index in [0.717, 1.165) is 31.0 Å². The minimum absolute atomic E-state index is 0.743. The largest absolute Gasteiger partial charge is 0.316 e. The molecule has 0 spiro atoms. The van der Waals surface area contributed by atoms with Crippen LogP contribution in [0.25, 0.3) is 0 Å². The highest BCUT2D eigenvalue weighted by Gasteiger charge is 2.22. The number of rotatable bonds is 6. The van der Waals surface area contributed by atoms with Crippen LogP contribution in [0.4, 0.5) is 0 Å². The van der Waals surface area contributed by atoms with E-state index in [2.05, 4.69) is 37.9 Å². The molecule has 1 N–H and O–H groups in total. The first kappa shape index (κ1) is 13.0. The maximum atomic E-state index is 3.56. The van der Waals surface area contributed by atoms with Crippen LogP contribution in [-0.2, 0) is 0 Å². The molecule has 0 aromatic heterocycles. The third-order valence-corrected chi connectivity index (χ3v) is 3.56. The highest BCUT2D eigenvalue weighted by atomic mass is 15.2. The Kier molecular flexibility index (Phi) is 5.62. The van der Waals surface area contributed by atoms with Crippen LogP contribution in [0.15, 0.2) is 0 Å². The van der Waals surface area contributed by atoms with Gasteiger partial charge in [-0.05, 0) is 57.8 Å². The minimum atomic E-state index is 0.743. The lowest BCUT2D eigenvalue weighted by Crippen LogP contribution is -2.40. The van der Waals surface area contributed by atoms with Crippen molar-refractivity contribution in [1.82, 2.24) is 10.2 Å². The van der Waals surface area contributed by atoms with Gasteiger partial charge in [-0.3, -0.25) is 0 Å². The molecular weight excluding hydrogens is 184 g/mol. The summed E-state index contributed by atoms with van der Waals surface area (Å²) in [4.78, 5) is 2.64. The molecule has 2 nitrogen and oxygen atoms in total. The molecule has 15 heavy (non-hydrogen) atoms. The molecule has 0 radical (unpaired) electrons. The molecule has 1 saturated heterocycles. The van der Waals surface area contributed by atoms with E-state index in [1.165, 1.54) is 25.9 Å². The van der Waals surface area contributed by atoms with Crippen LogP contribution in [0.3, 0.4) is 0 Å². The molecule has 1 fully saturated rings. The Labute approximate surface area is 95.4 Å². The number of hydrogen-bond donors (Lipinski definition) is 1. The van der Waals surface area contributed by atoms with Crippen LogP contribution in [-0.4, -0.2) is 37.1 Å². The van der Waals surface area contributed by atoms with Crippen molar-refractivity contribution in [2.45, 2.75) is 46.6 Å². The zero-order valence-electron chi connectivity index (χ0n) is 10.9. The molecule has 1 rings (SSSR count). The van der Waals surface area contributed by atoms with Gasteiger partial charge in [0.05, 0.1) is 0 Å². The van der Waals surface area contributed by atoms with Gasteiger partial charge >= 0.3 is 0 Å². The molecule has 0 aromatic carbocycles. The molecule has 0 amide bonds. The van der Waals surface area contributed by atoms with Crippen LogP contribution in [0.5, 0.6) is 0 Å². The Morgan fingerprint density at radius 1 is 1.00 bits per heavy atom. The second kappa shape index (κ2) is 6.49. The van der Waals surface area contributed by atoms with Gasteiger partial charge in [-0.1, -0.05) is 20.8 Å². The molecule has 1 heterocycles. The van der Waals surface area contributed by atoms with E-state index in [4.69, 9.17) is 0 Å². The monoisotopic (exact) mass is 212 g/mol. The average molecular weight is 212 g/mol. The average Bonchev–Trinajstić information content (AvgIpc) is 2.68. The van der Waals surface area contributed by atoms with Crippen molar-refractivity contribution in [3.05, 3.63) is 0 Å². The molecule has 0 bridgehead atoms. The SMILES string of the molecule is CC(C)CNCC(C)C(C)N1CCCC1. The smallest absolute Gasteiger partial charge is 0.0105 e. The number of nitrogens with one attached hydrogen (secondary N) is 1. The van der Waals surface area contributed by atoms with Gasteiger partial charge in [0.2, 0.25) is 0 Å². The third kappa shape index (κ3) is 4.52. The van der Waals surface area contributed by atoms with Gasteiger partial charge < -0.3 is 10.2 Å². The summed E-state index contributed by atoms with van der Waals surface area (Å²) in [6.07, 6.45) is 2.80. The van der Waals surface area contributed by atoms with E-state index >= 15 is 0 Å². The third-order valence-electron chi connectivity index (χ3n) is 3.56. The van der Waals surface area contributed by atoms with Crippen LogP contribution < -0.4 is 5.32 Å². The van der Waals surface area contributed by atoms with E-state index in [1.54, 1.807) is 0 Å². The van der Waals surface area contributed by atoms with Gasteiger partial charge in [-0.2, -0.15) is 0 Å². The van der Waals surface area contributed by atoms with Crippen molar-refractivity contribution in [2.24, 2.45) is 11.8 Å². The van der Waals surface area contributed by atoms with E-state index in [1.807, 2.05) is 0 Å². The summed E-state index contributed by atoms with van der Waals surface area (Å²) in [5.74, 6) is 1.53. The van der Waals surface area contributed by atoms with E-state index in [0.29, 0.717) is 0 Å². The zero-order valence-corrected chi connectivity index (χ0v) is 10.9. The maximum absolute atomic E-state index is 3.56. The Bertz CT molecular complexity index is 162. The lowest BCUT2D eigenvalue weighted by molar-refractivity contribution is 0.195. The highest BCUT2D eigenvalue weighted by Crippen LogP contribution is 2.16. The minimum Gasteiger partial charge on any atom is -0.316 e. The van der Waals surface area contributed by atoms with Crippen molar-refractivity contribution < 1.29 is 0 Å². The van der Waals surface area contributed by atoms with Gasteiger partial charge in [-0.25, -0.2) is 0 Å². The predicted octanol–water partition coefficient (Wildman–Crippen LogP) is 2.35. The summed E-state index contributed by atoms with van der Waals surface area (Å²) in [6.45, 7) is 14.2. The van der Waals surface area contributed by atoms with Gasteiger partial charge in [0, 0.05) is 6.04 Å². The maximum Gasteiger partial charge on any atom is 0.0105 e. The van der Waals surface area contributed by atoms with Crippen LogP contribution in [0.1, 0.15) is 40.5 Å². The van der Waals surface area contributed by atoms with Gasteiger partial charge in [-0.15, -0.1) is 0 Å². The lowest BCUT2D eigenvalue weighted by Gasteiger charge is -2.29. The fourth-order valence-corrected chi connectivity index (χ4v) is 2.28. The Morgan fingerprint density at radius 2 is 1.60 bits per heavy atom. The number of likely N-dealkylation sites (tertiary alicyclic amines) is 1. The molecule has 90 valence electrons. The summed E-state index contributed by atoms with van der Waals surface area (Å²) in [6, 6.07) is 0.743. The van der Waals surface area contributed by atoms with Gasteiger partial charge in [0.1, 0.15) is 0 Å². The van der Waals surface area contributed by atoms with Crippen molar-refractivity contribution in [1.29, 1.82) is 0 Å². The zero-order chi connectivity index (χ0) is 11.3. The summed E-state index contributed by atoms with van der Waals surface area (Å²) in [5, 5.41) is 3.56. The summed E-state index contributed by atoms with van der Waals surface area (Å²) in [7, 11) is 0. The van der Waals surface area contributed by atoms with Gasteiger partial charge in [0.15, 0.2) is 0 Å². The molecule has 1 aliphatic rings. The standard InChI is InChI=1S/C13H28N2/c1-11(2)9-14-10-12(3)13(4)15-7-5-6-8-15/h11-14H,5-10H2,1-4H3. The van der Waals surface area contributed by atoms with E-state index in [-0.39, 0.29) is 0 Å². The van der Waals surface area contributed by atoms with Crippen LogP contribution >= 0.6 is 0 Å². The normalized spacial score (nSPS) is 22.2. The number of nitrogens with zero attached hydrogens (tertiary/aromatic N) is 1.